The van der Waals surface area contributed by atoms with E-state index in [1.54, 1.807) is 0 Å². The molecule has 0 aromatic heterocycles. The zero-order valence-electron chi connectivity index (χ0n) is 11.0. The lowest BCUT2D eigenvalue weighted by Gasteiger charge is -2.14. The monoisotopic (exact) mass is 298 g/mol. The Morgan fingerprint density at radius 2 is 1.76 bits per heavy atom. The molecule has 1 rings (SSSR count). The van der Waals surface area contributed by atoms with Crippen molar-refractivity contribution in [2.75, 3.05) is 0 Å². The number of benzene rings is 1. The van der Waals surface area contributed by atoms with Gasteiger partial charge in [-0.15, -0.1) is 0 Å². The maximum Gasteiger partial charge on any atom is 0.326 e. The van der Waals surface area contributed by atoms with Gasteiger partial charge in [0.2, 0.25) is 0 Å². The van der Waals surface area contributed by atoms with E-state index in [0.29, 0.717) is 5.56 Å². The molecule has 8 heteroatoms. The third-order valence-corrected chi connectivity index (χ3v) is 2.62. The average molecular weight is 298 g/mol. The minimum absolute atomic E-state index is 0.0946. The Morgan fingerprint density at radius 3 is 2.29 bits per heavy atom. The van der Waals surface area contributed by atoms with Crippen molar-refractivity contribution in [3.05, 3.63) is 35.6 Å². The number of hydrogen-bond acceptors (Lipinski definition) is 3. The van der Waals surface area contributed by atoms with Crippen LogP contribution in [0.5, 0.6) is 0 Å². The molecular weight excluding hydrogens is 283 g/mol. The highest BCUT2D eigenvalue weighted by Crippen LogP contribution is 2.02. The SMILES string of the molecule is O=C(O)CC[C@H](NC(=O)NCc1ccc(F)cc1)C(=O)O. The van der Waals surface area contributed by atoms with Crippen LogP contribution < -0.4 is 10.6 Å². The van der Waals surface area contributed by atoms with Crippen LogP contribution in [0.3, 0.4) is 0 Å². The molecule has 114 valence electrons. The van der Waals surface area contributed by atoms with Gasteiger partial charge >= 0.3 is 18.0 Å². The van der Waals surface area contributed by atoms with Crippen molar-refractivity contribution in [1.82, 2.24) is 10.6 Å². The molecule has 0 bridgehead atoms. The molecule has 0 radical (unpaired) electrons. The molecule has 0 saturated carbocycles. The molecule has 0 saturated heterocycles. The highest BCUT2D eigenvalue weighted by atomic mass is 19.1. The second-order valence-corrected chi connectivity index (χ2v) is 4.28. The quantitative estimate of drug-likeness (QED) is 0.598. The van der Waals surface area contributed by atoms with E-state index >= 15 is 0 Å². The predicted octanol–water partition coefficient (Wildman–Crippen LogP) is 0.943. The third-order valence-electron chi connectivity index (χ3n) is 2.62. The summed E-state index contributed by atoms with van der Waals surface area (Å²) in [5.41, 5.74) is 0.643. The Bertz CT molecular complexity index is 518. The summed E-state index contributed by atoms with van der Waals surface area (Å²) in [6.07, 6.45) is -0.580. The molecule has 0 unspecified atom stereocenters. The van der Waals surface area contributed by atoms with Crippen molar-refractivity contribution in [2.24, 2.45) is 0 Å². The molecule has 0 spiro atoms. The van der Waals surface area contributed by atoms with Gasteiger partial charge in [0.05, 0.1) is 0 Å². The van der Waals surface area contributed by atoms with Crippen LogP contribution in [0.15, 0.2) is 24.3 Å². The largest absolute Gasteiger partial charge is 0.481 e. The van der Waals surface area contributed by atoms with Gasteiger partial charge in [0.25, 0.3) is 0 Å². The fourth-order valence-electron chi connectivity index (χ4n) is 1.52. The summed E-state index contributed by atoms with van der Waals surface area (Å²) in [7, 11) is 0. The van der Waals surface area contributed by atoms with Gasteiger partial charge in [-0.3, -0.25) is 4.79 Å². The summed E-state index contributed by atoms with van der Waals surface area (Å²) in [5, 5.41) is 21.9. The summed E-state index contributed by atoms with van der Waals surface area (Å²) in [6.45, 7) is 0.0946. The van der Waals surface area contributed by atoms with Crippen LogP contribution in [0.1, 0.15) is 18.4 Å². The first-order valence-electron chi connectivity index (χ1n) is 6.12. The van der Waals surface area contributed by atoms with Crippen LogP contribution >= 0.6 is 0 Å². The number of rotatable bonds is 7. The van der Waals surface area contributed by atoms with E-state index in [-0.39, 0.29) is 19.4 Å². The van der Waals surface area contributed by atoms with Crippen LogP contribution in [0.4, 0.5) is 9.18 Å². The maximum atomic E-state index is 12.7. The van der Waals surface area contributed by atoms with Crippen LogP contribution in [-0.2, 0) is 16.1 Å². The first-order chi connectivity index (χ1) is 9.88. The zero-order valence-corrected chi connectivity index (χ0v) is 11.0. The van der Waals surface area contributed by atoms with Crippen molar-refractivity contribution in [1.29, 1.82) is 0 Å². The fraction of sp³-hybridized carbons (Fsp3) is 0.308. The number of carboxylic acids is 2. The highest BCUT2D eigenvalue weighted by molar-refractivity contribution is 5.82. The van der Waals surface area contributed by atoms with Gasteiger partial charge in [-0.25, -0.2) is 14.0 Å². The van der Waals surface area contributed by atoms with E-state index in [0.717, 1.165) is 0 Å². The number of halogens is 1. The molecule has 1 atom stereocenters. The molecule has 1 aromatic rings. The van der Waals surface area contributed by atoms with Crippen LogP contribution in [0.2, 0.25) is 0 Å². The van der Waals surface area contributed by atoms with E-state index in [2.05, 4.69) is 10.6 Å². The number of aliphatic carboxylic acids is 2. The first kappa shape index (κ1) is 16.4. The lowest BCUT2D eigenvalue weighted by molar-refractivity contribution is -0.140. The van der Waals surface area contributed by atoms with E-state index in [9.17, 15) is 18.8 Å². The lowest BCUT2D eigenvalue weighted by Crippen LogP contribution is -2.46. The Morgan fingerprint density at radius 1 is 1.14 bits per heavy atom. The number of urea groups is 1. The summed E-state index contributed by atoms with van der Waals surface area (Å²) < 4.78 is 12.7. The molecule has 1 aromatic carbocycles. The summed E-state index contributed by atoms with van der Waals surface area (Å²) in [6, 6.07) is 3.42. The van der Waals surface area contributed by atoms with Crippen molar-refractivity contribution < 1.29 is 29.0 Å². The zero-order chi connectivity index (χ0) is 15.8. The number of hydrogen-bond donors (Lipinski definition) is 4. The van der Waals surface area contributed by atoms with Gasteiger partial charge in [-0.2, -0.15) is 0 Å². The van der Waals surface area contributed by atoms with Gasteiger partial charge in [0.15, 0.2) is 0 Å². The lowest BCUT2D eigenvalue weighted by atomic mass is 10.1. The number of carbonyl (C=O) groups excluding carboxylic acids is 1. The maximum absolute atomic E-state index is 12.7. The fourth-order valence-corrected chi connectivity index (χ4v) is 1.52. The number of carboxylic acid groups (broad SMARTS) is 2. The second kappa shape index (κ2) is 7.83. The minimum atomic E-state index is -1.31. The Balaban J connectivity index is 2.44. The van der Waals surface area contributed by atoms with E-state index in [1.165, 1.54) is 24.3 Å². The van der Waals surface area contributed by atoms with Crippen LogP contribution in [0.25, 0.3) is 0 Å². The second-order valence-electron chi connectivity index (χ2n) is 4.28. The molecule has 0 aliphatic rings. The topological polar surface area (TPSA) is 116 Å². The van der Waals surface area contributed by atoms with Crippen LogP contribution in [-0.4, -0.2) is 34.2 Å². The predicted molar refractivity (Wildman–Crippen MR) is 70.1 cm³/mol. The van der Waals surface area contributed by atoms with Gasteiger partial charge in [0, 0.05) is 13.0 Å². The normalized spacial score (nSPS) is 11.5. The molecule has 7 nitrogen and oxygen atoms in total. The van der Waals surface area contributed by atoms with Gasteiger partial charge in [-0.1, -0.05) is 12.1 Å². The van der Waals surface area contributed by atoms with Gasteiger partial charge in [0.1, 0.15) is 11.9 Å². The molecule has 0 fully saturated rings. The summed E-state index contributed by atoms with van der Waals surface area (Å²) in [4.78, 5) is 32.8. The van der Waals surface area contributed by atoms with Crippen molar-refractivity contribution in [3.63, 3.8) is 0 Å². The van der Waals surface area contributed by atoms with Crippen LogP contribution in [0, 0.1) is 5.82 Å². The number of amides is 2. The van der Waals surface area contributed by atoms with E-state index in [1.807, 2.05) is 0 Å². The first-order valence-corrected chi connectivity index (χ1v) is 6.12. The average Bonchev–Trinajstić information content (AvgIpc) is 2.42. The number of carbonyl (C=O) groups is 3. The smallest absolute Gasteiger partial charge is 0.326 e. The molecule has 2 amide bonds. The molecule has 4 N–H and O–H groups in total. The molecule has 0 heterocycles. The minimum Gasteiger partial charge on any atom is -0.481 e. The Hall–Kier alpha value is -2.64. The summed E-state index contributed by atoms with van der Waals surface area (Å²) >= 11 is 0. The van der Waals surface area contributed by atoms with E-state index in [4.69, 9.17) is 10.2 Å². The molecule has 0 aliphatic carbocycles. The Kier molecular flexibility index (Phi) is 6.12. The Labute approximate surface area is 119 Å². The highest BCUT2D eigenvalue weighted by Gasteiger charge is 2.20. The van der Waals surface area contributed by atoms with Crippen molar-refractivity contribution in [2.45, 2.75) is 25.4 Å². The third kappa shape index (κ3) is 6.37. The van der Waals surface area contributed by atoms with Crippen molar-refractivity contribution >= 4 is 18.0 Å². The molecule has 0 aliphatic heterocycles. The molecule has 21 heavy (non-hydrogen) atoms. The van der Waals surface area contributed by atoms with Gasteiger partial charge in [-0.05, 0) is 24.1 Å². The summed E-state index contributed by atoms with van der Waals surface area (Å²) in [5.74, 6) is -2.86. The van der Waals surface area contributed by atoms with E-state index < -0.39 is 29.8 Å². The van der Waals surface area contributed by atoms with Crippen molar-refractivity contribution in [3.8, 4) is 0 Å². The number of nitrogens with one attached hydrogen (secondary N) is 2. The standard InChI is InChI=1S/C13H15FN2O5/c14-9-3-1-8(2-4-9)7-15-13(21)16-10(12(19)20)5-6-11(17)18/h1-4,10H,5-7H2,(H,17,18)(H,19,20)(H2,15,16,21)/t10-/m0/s1. The van der Waals surface area contributed by atoms with Gasteiger partial charge < -0.3 is 20.8 Å². The molecular formula is C13H15FN2O5.